The first-order chi connectivity index (χ1) is 13.8. The number of rotatable bonds is 19. The molecule has 1 amide bonds. The van der Waals surface area contributed by atoms with E-state index in [4.69, 9.17) is 9.26 Å². The molecule has 9 nitrogen and oxygen atoms in total. The molecule has 0 aliphatic carbocycles. The maximum atomic E-state index is 11.7. The zero-order chi connectivity index (χ0) is 22.0. The number of phosphoric ester groups is 1. The topological polar surface area (TPSA) is 131 Å². The predicted octanol–water partition coefficient (Wildman–Crippen LogP) is 3.08. The van der Waals surface area contributed by atoms with Crippen molar-refractivity contribution in [3.05, 3.63) is 0 Å². The summed E-state index contributed by atoms with van der Waals surface area (Å²) in [5, 5.41) is 12.3. The number of carbonyl (C=O) groups excluding carboxylic acids is 2. The standard InChI is InChI=1S/C19H38NO8P/c1-3-5-7-8-9-10-12-19(23)26-15-17(21)16-28-29(24,25)27-14-13-20-18(22)11-6-4-2/h17,21H,3-16H2,1-2H3,(H,20,22)(H,24,25). The largest absolute Gasteiger partial charge is 0.472 e. The van der Waals surface area contributed by atoms with Gasteiger partial charge in [0.05, 0.1) is 13.2 Å². The molecule has 10 heteroatoms. The smallest absolute Gasteiger partial charge is 0.463 e. The number of phosphoric acid groups is 1. The molecule has 172 valence electrons. The molecule has 0 aromatic heterocycles. The Morgan fingerprint density at radius 1 is 0.931 bits per heavy atom. The van der Waals surface area contributed by atoms with E-state index in [2.05, 4.69) is 16.8 Å². The maximum Gasteiger partial charge on any atom is 0.472 e. The predicted molar refractivity (Wildman–Crippen MR) is 109 cm³/mol. The second-order valence-corrected chi connectivity index (χ2v) is 8.36. The van der Waals surface area contributed by atoms with Gasteiger partial charge in [0.15, 0.2) is 0 Å². The molecule has 0 aromatic rings. The van der Waals surface area contributed by atoms with Crippen LogP contribution in [0.3, 0.4) is 0 Å². The molecular weight excluding hydrogens is 401 g/mol. The van der Waals surface area contributed by atoms with Crippen LogP contribution in [0.2, 0.25) is 0 Å². The third-order valence-electron chi connectivity index (χ3n) is 4.04. The van der Waals surface area contributed by atoms with E-state index >= 15 is 0 Å². The molecule has 0 saturated carbocycles. The van der Waals surface area contributed by atoms with E-state index in [-0.39, 0.29) is 32.1 Å². The second-order valence-electron chi connectivity index (χ2n) is 6.91. The third kappa shape index (κ3) is 18.8. The van der Waals surface area contributed by atoms with Crippen LogP contribution < -0.4 is 5.32 Å². The van der Waals surface area contributed by atoms with Gasteiger partial charge >= 0.3 is 13.8 Å². The number of aliphatic hydroxyl groups is 1. The molecule has 0 bridgehead atoms. The quantitative estimate of drug-likeness (QED) is 0.159. The molecule has 0 heterocycles. The Bertz CT molecular complexity index is 489. The van der Waals surface area contributed by atoms with Gasteiger partial charge < -0.3 is 20.1 Å². The minimum Gasteiger partial charge on any atom is -0.463 e. The maximum absolute atomic E-state index is 11.7. The summed E-state index contributed by atoms with van der Waals surface area (Å²) in [4.78, 5) is 32.5. The number of amides is 1. The summed E-state index contributed by atoms with van der Waals surface area (Å²) in [7, 11) is -4.36. The zero-order valence-corrected chi connectivity index (χ0v) is 18.7. The van der Waals surface area contributed by atoms with Gasteiger partial charge in [-0.05, 0) is 12.8 Å². The van der Waals surface area contributed by atoms with Crippen LogP contribution in [0.25, 0.3) is 0 Å². The highest BCUT2D eigenvalue weighted by molar-refractivity contribution is 7.47. The fraction of sp³-hybridized carbons (Fsp3) is 0.895. The van der Waals surface area contributed by atoms with E-state index in [1.165, 1.54) is 12.8 Å². The SMILES string of the molecule is CCCCCCCCC(=O)OCC(O)COP(=O)(O)OCCNC(=O)CCCC. The first kappa shape index (κ1) is 28.0. The first-order valence-corrected chi connectivity index (χ1v) is 12.0. The average Bonchev–Trinajstić information content (AvgIpc) is 2.69. The fourth-order valence-electron chi connectivity index (χ4n) is 2.35. The van der Waals surface area contributed by atoms with Crippen LogP contribution in [0, 0.1) is 0 Å². The lowest BCUT2D eigenvalue weighted by atomic mass is 10.1. The van der Waals surface area contributed by atoms with Crippen LogP contribution >= 0.6 is 7.82 Å². The molecule has 0 radical (unpaired) electrons. The van der Waals surface area contributed by atoms with Crippen molar-refractivity contribution in [1.82, 2.24) is 5.32 Å². The number of hydrogen-bond donors (Lipinski definition) is 3. The van der Waals surface area contributed by atoms with Gasteiger partial charge in [0.2, 0.25) is 5.91 Å². The van der Waals surface area contributed by atoms with Crippen molar-refractivity contribution >= 4 is 19.7 Å². The lowest BCUT2D eigenvalue weighted by Crippen LogP contribution is -2.27. The van der Waals surface area contributed by atoms with E-state index in [0.717, 1.165) is 38.5 Å². The van der Waals surface area contributed by atoms with Crippen LogP contribution in [-0.4, -0.2) is 54.3 Å². The van der Waals surface area contributed by atoms with Gasteiger partial charge in [-0.1, -0.05) is 52.4 Å². The van der Waals surface area contributed by atoms with Crippen LogP contribution in [0.15, 0.2) is 0 Å². The normalized spacial score (nSPS) is 14.2. The van der Waals surface area contributed by atoms with Crippen molar-refractivity contribution < 1.29 is 37.9 Å². The van der Waals surface area contributed by atoms with Gasteiger partial charge in [0.25, 0.3) is 0 Å². The number of carbonyl (C=O) groups is 2. The lowest BCUT2D eigenvalue weighted by Gasteiger charge is -2.15. The molecule has 0 saturated heterocycles. The highest BCUT2D eigenvalue weighted by atomic mass is 31.2. The molecule has 0 aromatic carbocycles. The molecule has 29 heavy (non-hydrogen) atoms. The number of hydrogen-bond acceptors (Lipinski definition) is 7. The van der Waals surface area contributed by atoms with E-state index < -0.39 is 26.5 Å². The number of nitrogens with one attached hydrogen (secondary N) is 1. The lowest BCUT2D eigenvalue weighted by molar-refractivity contribution is -0.147. The van der Waals surface area contributed by atoms with Gasteiger partial charge in [0.1, 0.15) is 12.7 Å². The summed E-state index contributed by atoms with van der Waals surface area (Å²) >= 11 is 0. The molecule has 0 fully saturated rings. The highest BCUT2D eigenvalue weighted by Gasteiger charge is 2.23. The number of aliphatic hydroxyl groups excluding tert-OH is 1. The number of unbranched alkanes of at least 4 members (excludes halogenated alkanes) is 6. The van der Waals surface area contributed by atoms with Gasteiger partial charge in [-0.3, -0.25) is 18.6 Å². The van der Waals surface area contributed by atoms with E-state index in [9.17, 15) is 24.2 Å². The second kappa shape index (κ2) is 17.8. The van der Waals surface area contributed by atoms with E-state index in [1.807, 2.05) is 6.92 Å². The van der Waals surface area contributed by atoms with E-state index in [1.54, 1.807) is 0 Å². The van der Waals surface area contributed by atoms with Crippen LogP contribution in [-0.2, 0) is 27.9 Å². The summed E-state index contributed by atoms with van der Waals surface area (Å²) in [6, 6.07) is 0. The Labute approximate surface area is 174 Å². The van der Waals surface area contributed by atoms with Crippen molar-refractivity contribution in [2.45, 2.75) is 84.2 Å². The van der Waals surface area contributed by atoms with Crippen LogP contribution in [0.1, 0.15) is 78.1 Å². The molecule has 3 N–H and O–H groups in total. The fourth-order valence-corrected chi connectivity index (χ4v) is 3.11. The molecule has 2 atom stereocenters. The summed E-state index contributed by atoms with van der Waals surface area (Å²) in [5.74, 6) is -0.566. The van der Waals surface area contributed by atoms with Crippen molar-refractivity contribution in [3.8, 4) is 0 Å². The Balaban J connectivity index is 3.77. The molecule has 0 aliphatic rings. The molecule has 0 rings (SSSR count). The summed E-state index contributed by atoms with van der Waals surface area (Å²) in [5.41, 5.74) is 0. The van der Waals surface area contributed by atoms with Gasteiger partial charge in [-0.2, -0.15) is 0 Å². The third-order valence-corrected chi connectivity index (χ3v) is 5.02. The Morgan fingerprint density at radius 2 is 1.59 bits per heavy atom. The summed E-state index contributed by atoms with van der Waals surface area (Å²) in [6.07, 6.45) is 7.44. The first-order valence-electron chi connectivity index (χ1n) is 10.5. The summed E-state index contributed by atoms with van der Waals surface area (Å²) in [6.45, 7) is 3.16. The van der Waals surface area contributed by atoms with Gasteiger partial charge in [-0.15, -0.1) is 0 Å². The Morgan fingerprint density at radius 3 is 2.28 bits per heavy atom. The van der Waals surface area contributed by atoms with E-state index in [0.29, 0.717) is 6.42 Å². The molecular formula is C19H38NO8P. The monoisotopic (exact) mass is 439 g/mol. The van der Waals surface area contributed by atoms with Crippen molar-refractivity contribution in [2.24, 2.45) is 0 Å². The van der Waals surface area contributed by atoms with Crippen molar-refractivity contribution in [2.75, 3.05) is 26.4 Å². The molecule has 0 aliphatic heterocycles. The van der Waals surface area contributed by atoms with Crippen molar-refractivity contribution in [3.63, 3.8) is 0 Å². The van der Waals surface area contributed by atoms with Gasteiger partial charge in [-0.25, -0.2) is 4.57 Å². The molecule has 0 spiro atoms. The number of ether oxygens (including phenoxy) is 1. The Kier molecular flexibility index (Phi) is 17.2. The highest BCUT2D eigenvalue weighted by Crippen LogP contribution is 2.42. The Hall–Kier alpha value is -0.990. The van der Waals surface area contributed by atoms with Gasteiger partial charge in [0, 0.05) is 19.4 Å². The molecule has 2 unspecified atom stereocenters. The van der Waals surface area contributed by atoms with Crippen LogP contribution in [0.5, 0.6) is 0 Å². The average molecular weight is 439 g/mol. The van der Waals surface area contributed by atoms with Crippen LogP contribution in [0.4, 0.5) is 0 Å². The zero-order valence-electron chi connectivity index (χ0n) is 17.8. The minimum atomic E-state index is -4.36. The number of esters is 1. The van der Waals surface area contributed by atoms with Crippen molar-refractivity contribution in [1.29, 1.82) is 0 Å². The summed E-state index contributed by atoms with van der Waals surface area (Å²) < 4.78 is 26.0. The minimum absolute atomic E-state index is 0.0784.